The zero-order valence-corrected chi connectivity index (χ0v) is 7.46. The van der Waals surface area contributed by atoms with E-state index in [1.807, 2.05) is 0 Å². The Morgan fingerprint density at radius 1 is 1.21 bits per heavy atom. The van der Waals surface area contributed by atoms with Crippen LogP contribution in [0.25, 0.3) is 0 Å². The highest BCUT2D eigenvalue weighted by molar-refractivity contribution is 5.86. The molecule has 1 saturated heterocycles. The fourth-order valence-electron chi connectivity index (χ4n) is 1.46. The van der Waals surface area contributed by atoms with E-state index in [2.05, 4.69) is 4.74 Å². The fraction of sp³-hybridized carbons (Fsp3) is 0.300. The number of cyclic esters (lactones) is 1. The average molecular weight is 198 g/mol. The van der Waals surface area contributed by atoms with E-state index in [0.717, 1.165) is 0 Å². The van der Waals surface area contributed by atoms with Crippen LogP contribution in [0.15, 0.2) is 30.3 Å². The number of alkyl halides is 2. The van der Waals surface area contributed by atoms with E-state index in [4.69, 9.17) is 0 Å². The van der Waals surface area contributed by atoms with Gasteiger partial charge in [-0.15, -0.1) is 0 Å². The maximum atomic E-state index is 13.2. The quantitative estimate of drug-likeness (QED) is 0.646. The van der Waals surface area contributed by atoms with Crippen LogP contribution in [0.1, 0.15) is 12.5 Å². The van der Waals surface area contributed by atoms with E-state index < -0.39 is 17.5 Å². The highest BCUT2D eigenvalue weighted by atomic mass is 19.3. The number of rotatable bonds is 1. The van der Waals surface area contributed by atoms with Gasteiger partial charge in [-0.2, -0.15) is 8.78 Å². The van der Waals surface area contributed by atoms with Gasteiger partial charge in [0.1, 0.15) is 0 Å². The zero-order valence-electron chi connectivity index (χ0n) is 7.46. The maximum Gasteiger partial charge on any atom is 0.385 e. The standard InChI is InChI=1S/C10H8F2O2/c1-9(7-5-3-2-4-6-7)10(11,12)8(13)14-9/h2-6H,1H3. The lowest BCUT2D eigenvalue weighted by molar-refractivity contribution is -0.285. The molecule has 2 nitrogen and oxygen atoms in total. The summed E-state index contributed by atoms with van der Waals surface area (Å²) in [5.41, 5.74) is -1.49. The van der Waals surface area contributed by atoms with Crippen LogP contribution in [0.4, 0.5) is 8.78 Å². The van der Waals surface area contributed by atoms with Crippen LogP contribution >= 0.6 is 0 Å². The molecule has 1 aromatic rings. The van der Waals surface area contributed by atoms with Gasteiger partial charge in [0.15, 0.2) is 0 Å². The van der Waals surface area contributed by atoms with Crippen molar-refractivity contribution in [2.75, 3.05) is 0 Å². The van der Waals surface area contributed by atoms with Crippen LogP contribution in [0.3, 0.4) is 0 Å². The minimum atomic E-state index is -3.42. The molecule has 4 heteroatoms. The molecule has 74 valence electrons. The Labute approximate surface area is 79.5 Å². The predicted octanol–water partition coefficient (Wildman–Crippen LogP) is 2.09. The molecule has 1 heterocycles. The van der Waals surface area contributed by atoms with Gasteiger partial charge in [-0.05, 0) is 6.92 Å². The highest BCUT2D eigenvalue weighted by Crippen LogP contribution is 2.49. The maximum absolute atomic E-state index is 13.2. The minimum Gasteiger partial charge on any atom is -0.443 e. The summed E-state index contributed by atoms with van der Waals surface area (Å²) in [7, 11) is 0. The molecule has 0 N–H and O–H groups in total. The van der Waals surface area contributed by atoms with Crippen LogP contribution < -0.4 is 0 Å². The van der Waals surface area contributed by atoms with Gasteiger partial charge < -0.3 is 4.74 Å². The predicted molar refractivity (Wildman–Crippen MR) is 44.8 cm³/mol. The third-order valence-electron chi connectivity index (χ3n) is 2.48. The zero-order chi connectivity index (χ0) is 10.4. The Kier molecular flexibility index (Phi) is 1.65. The third-order valence-corrected chi connectivity index (χ3v) is 2.48. The molecule has 1 aliphatic rings. The Bertz CT molecular complexity index is 375. The summed E-state index contributed by atoms with van der Waals surface area (Å²) in [6.45, 7) is 1.21. The summed E-state index contributed by atoms with van der Waals surface area (Å²) in [4.78, 5) is 10.6. The van der Waals surface area contributed by atoms with Crippen LogP contribution in [0.5, 0.6) is 0 Å². The van der Waals surface area contributed by atoms with Crippen LogP contribution in [0.2, 0.25) is 0 Å². The molecule has 1 unspecified atom stereocenters. The number of carbonyl (C=O) groups excluding carboxylic acids is 1. The molecule has 0 aliphatic carbocycles. The van der Waals surface area contributed by atoms with Crippen molar-refractivity contribution in [3.05, 3.63) is 35.9 Å². The first-order valence-corrected chi connectivity index (χ1v) is 4.15. The molecular weight excluding hydrogens is 190 g/mol. The molecule has 0 saturated carbocycles. The second kappa shape index (κ2) is 2.53. The van der Waals surface area contributed by atoms with Crippen molar-refractivity contribution in [1.82, 2.24) is 0 Å². The van der Waals surface area contributed by atoms with Gasteiger partial charge >= 0.3 is 11.9 Å². The van der Waals surface area contributed by atoms with Gasteiger partial charge in [-0.1, -0.05) is 30.3 Å². The molecule has 0 radical (unpaired) electrons. The Balaban J connectivity index is 2.42. The highest BCUT2D eigenvalue weighted by Gasteiger charge is 2.70. The summed E-state index contributed by atoms with van der Waals surface area (Å²) in [6, 6.07) is 8.00. The van der Waals surface area contributed by atoms with Crippen LogP contribution in [0, 0.1) is 0 Å². The van der Waals surface area contributed by atoms with Crippen LogP contribution in [-0.2, 0) is 15.1 Å². The van der Waals surface area contributed by atoms with E-state index in [0.29, 0.717) is 5.56 Å². The fourth-order valence-corrected chi connectivity index (χ4v) is 1.46. The molecule has 0 amide bonds. The van der Waals surface area contributed by atoms with Gasteiger partial charge in [-0.25, -0.2) is 4.79 Å². The van der Waals surface area contributed by atoms with Crippen molar-refractivity contribution in [1.29, 1.82) is 0 Å². The van der Waals surface area contributed by atoms with E-state index in [9.17, 15) is 13.6 Å². The molecule has 2 rings (SSSR count). The summed E-state index contributed by atoms with van der Waals surface area (Å²) >= 11 is 0. The number of hydrogen-bond donors (Lipinski definition) is 0. The minimum absolute atomic E-state index is 0.310. The first-order chi connectivity index (χ1) is 6.48. The molecule has 14 heavy (non-hydrogen) atoms. The summed E-state index contributed by atoms with van der Waals surface area (Å²) in [5.74, 6) is -4.88. The van der Waals surface area contributed by atoms with E-state index in [1.165, 1.54) is 19.1 Å². The lowest BCUT2D eigenvalue weighted by atomic mass is 9.84. The molecule has 1 atom stereocenters. The van der Waals surface area contributed by atoms with Crippen LogP contribution in [-0.4, -0.2) is 11.9 Å². The summed E-state index contributed by atoms with van der Waals surface area (Å²) < 4.78 is 30.9. The summed E-state index contributed by atoms with van der Waals surface area (Å²) in [6.07, 6.45) is 0. The number of halogens is 2. The van der Waals surface area contributed by atoms with Gasteiger partial charge in [0.25, 0.3) is 0 Å². The van der Waals surface area contributed by atoms with Crippen molar-refractivity contribution in [2.45, 2.75) is 18.4 Å². The van der Waals surface area contributed by atoms with Gasteiger partial charge in [-0.3, -0.25) is 0 Å². The monoisotopic (exact) mass is 198 g/mol. The van der Waals surface area contributed by atoms with Gasteiger partial charge in [0, 0.05) is 5.56 Å². The molecule has 0 aromatic heterocycles. The summed E-state index contributed by atoms with van der Waals surface area (Å²) in [5, 5.41) is 0. The topological polar surface area (TPSA) is 26.3 Å². The van der Waals surface area contributed by atoms with Gasteiger partial charge in [0.05, 0.1) is 0 Å². The molecule has 0 bridgehead atoms. The molecule has 1 aliphatic heterocycles. The second-order valence-corrected chi connectivity index (χ2v) is 3.36. The normalized spacial score (nSPS) is 29.2. The van der Waals surface area contributed by atoms with Crippen molar-refractivity contribution < 1.29 is 18.3 Å². The van der Waals surface area contributed by atoms with Gasteiger partial charge in [0.2, 0.25) is 5.60 Å². The van der Waals surface area contributed by atoms with Crippen molar-refractivity contribution >= 4 is 5.97 Å². The van der Waals surface area contributed by atoms with Crippen molar-refractivity contribution in [2.24, 2.45) is 0 Å². The molecule has 0 spiro atoms. The Morgan fingerprint density at radius 3 is 2.21 bits per heavy atom. The number of carbonyl (C=O) groups is 1. The largest absolute Gasteiger partial charge is 0.443 e. The Hall–Kier alpha value is -1.45. The first kappa shape index (κ1) is 9.12. The number of esters is 1. The molecular formula is C10H8F2O2. The number of ether oxygens (including phenoxy) is 1. The molecule has 1 fully saturated rings. The lowest BCUT2D eigenvalue weighted by Crippen LogP contribution is -2.63. The average Bonchev–Trinajstić information content (AvgIpc) is 2.19. The first-order valence-electron chi connectivity index (χ1n) is 4.15. The smallest absolute Gasteiger partial charge is 0.385 e. The van der Waals surface area contributed by atoms with E-state index >= 15 is 0 Å². The van der Waals surface area contributed by atoms with Crippen molar-refractivity contribution in [3.8, 4) is 0 Å². The van der Waals surface area contributed by atoms with Crippen molar-refractivity contribution in [3.63, 3.8) is 0 Å². The Morgan fingerprint density at radius 2 is 1.79 bits per heavy atom. The second-order valence-electron chi connectivity index (χ2n) is 3.36. The van der Waals surface area contributed by atoms with E-state index in [-0.39, 0.29) is 0 Å². The molecule has 1 aromatic carbocycles. The SMILES string of the molecule is CC1(c2ccccc2)OC(=O)C1(F)F. The number of benzene rings is 1. The van der Waals surface area contributed by atoms with E-state index in [1.54, 1.807) is 18.2 Å². The third kappa shape index (κ3) is 0.908. The number of hydrogen-bond acceptors (Lipinski definition) is 2. The lowest BCUT2D eigenvalue weighted by Gasteiger charge is -2.44.